The number of guanidine groups is 1. The van der Waals surface area contributed by atoms with Crippen molar-refractivity contribution in [2.75, 3.05) is 25.2 Å². The summed E-state index contributed by atoms with van der Waals surface area (Å²) in [6, 6.07) is 2.82. The molecular weight excluding hydrogens is 222 g/mol. The highest BCUT2D eigenvalue weighted by Crippen LogP contribution is 2.10. The van der Waals surface area contributed by atoms with E-state index in [9.17, 15) is 4.79 Å². The molecule has 0 radical (unpaired) electrons. The highest BCUT2D eigenvalue weighted by atomic mass is 16.5. The van der Waals surface area contributed by atoms with E-state index in [0.717, 1.165) is 4.90 Å². The molecule has 0 spiro atoms. The van der Waals surface area contributed by atoms with Gasteiger partial charge in [-0.05, 0) is 12.1 Å². The number of carbonyl (C=O) groups excluding carboxylic acids is 1. The van der Waals surface area contributed by atoms with Gasteiger partial charge in [0.2, 0.25) is 5.96 Å². The molecule has 1 heterocycles. The lowest BCUT2D eigenvalue weighted by Gasteiger charge is -2.20. The van der Waals surface area contributed by atoms with Crippen LogP contribution < -0.4 is 16.0 Å². The molecule has 0 saturated heterocycles. The van der Waals surface area contributed by atoms with Gasteiger partial charge in [-0.2, -0.15) is 0 Å². The monoisotopic (exact) mass is 237 g/mol. The summed E-state index contributed by atoms with van der Waals surface area (Å²) in [5, 5.41) is 9.96. The van der Waals surface area contributed by atoms with Crippen molar-refractivity contribution in [1.82, 2.24) is 10.3 Å². The summed E-state index contributed by atoms with van der Waals surface area (Å²) in [7, 11) is 1.54. The lowest BCUT2D eigenvalue weighted by molar-refractivity contribution is 0.197. The number of hydrogen-bond acceptors (Lipinski definition) is 4. The SMILES string of the molecule is COCCNC(=O)N(C(=N)N)c1cccnc1. The molecule has 0 unspecified atom stereocenters. The van der Waals surface area contributed by atoms with Gasteiger partial charge in [0.15, 0.2) is 0 Å². The van der Waals surface area contributed by atoms with Gasteiger partial charge >= 0.3 is 6.03 Å². The largest absolute Gasteiger partial charge is 0.383 e. The molecule has 1 aromatic rings. The second-order valence-electron chi connectivity index (χ2n) is 3.16. The number of hydrogen-bond donors (Lipinski definition) is 3. The van der Waals surface area contributed by atoms with Gasteiger partial charge in [-0.1, -0.05) is 0 Å². The predicted octanol–water partition coefficient (Wildman–Crippen LogP) is 0.137. The summed E-state index contributed by atoms with van der Waals surface area (Å²) in [6.45, 7) is 0.740. The van der Waals surface area contributed by atoms with E-state index in [1.54, 1.807) is 18.3 Å². The summed E-state index contributed by atoms with van der Waals surface area (Å²) in [5.74, 6) is -0.368. The van der Waals surface area contributed by atoms with Gasteiger partial charge in [-0.3, -0.25) is 10.4 Å². The average Bonchev–Trinajstić information content (AvgIpc) is 2.30. The number of amides is 2. The molecule has 0 fully saturated rings. The van der Waals surface area contributed by atoms with E-state index in [2.05, 4.69) is 10.3 Å². The fourth-order valence-corrected chi connectivity index (χ4v) is 1.19. The molecule has 7 heteroatoms. The van der Waals surface area contributed by atoms with Crippen molar-refractivity contribution in [3.63, 3.8) is 0 Å². The lowest BCUT2D eigenvalue weighted by atomic mass is 10.4. The average molecular weight is 237 g/mol. The third-order valence-corrected chi connectivity index (χ3v) is 1.93. The van der Waals surface area contributed by atoms with Gasteiger partial charge in [0, 0.05) is 19.9 Å². The van der Waals surface area contributed by atoms with Crippen LogP contribution >= 0.6 is 0 Å². The first-order chi connectivity index (χ1) is 8.16. The summed E-state index contributed by atoms with van der Waals surface area (Å²) in [5.41, 5.74) is 5.80. The van der Waals surface area contributed by atoms with Gasteiger partial charge in [0.25, 0.3) is 0 Å². The molecular formula is C10H15N5O2. The van der Waals surface area contributed by atoms with Crippen LogP contribution in [0.3, 0.4) is 0 Å². The van der Waals surface area contributed by atoms with Crippen LogP contribution in [0.1, 0.15) is 0 Å². The molecule has 0 aliphatic carbocycles. The maximum absolute atomic E-state index is 11.8. The first-order valence-electron chi connectivity index (χ1n) is 4.97. The van der Waals surface area contributed by atoms with E-state index in [0.29, 0.717) is 18.8 Å². The zero-order valence-corrected chi connectivity index (χ0v) is 9.51. The number of rotatable bonds is 4. The van der Waals surface area contributed by atoms with Crippen LogP contribution in [0.5, 0.6) is 0 Å². The molecule has 17 heavy (non-hydrogen) atoms. The van der Waals surface area contributed by atoms with E-state index < -0.39 is 6.03 Å². The standard InChI is InChI=1S/C10H15N5O2/c1-17-6-5-14-10(16)15(9(11)12)8-3-2-4-13-7-8/h2-4,7H,5-6H2,1H3,(H3,11,12)(H,14,16). The Kier molecular flexibility index (Phi) is 4.89. The lowest BCUT2D eigenvalue weighted by Crippen LogP contribution is -2.48. The number of nitrogens with zero attached hydrogens (tertiary/aromatic N) is 2. The Bertz CT molecular complexity index is 382. The minimum atomic E-state index is -0.484. The number of nitrogens with one attached hydrogen (secondary N) is 2. The van der Waals surface area contributed by atoms with Gasteiger partial charge in [-0.15, -0.1) is 0 Å². The Morgan fingerprint density at radius 2 is 2.47 bits per heavy atom. The number of methoxy groups -OCH3 is 1. The van der Waals surface area contributed by atoms with Gasteiger partial charge in [-0.25, -0.2) is 9.69 Å². The molecule has 0 atom stereocenters. The van der Waals surface area contributed by atoms with Crippen molar-refractivity contribution in [1.29, 1.82) is 5.41 Å². The topological polar surface area (TPSA) is 104 Å². The van der Waals surface area contributed by atoms with Crippen LogP contribution in [-0.2, 0) is 4.74 Å². The fourth-order valence-electron chi connectivity index (χ4n) is 1.19. The first kappa shape index (κ1) is 12.9. The van der Waals surface area contributed by atoms with Crippen LogP contribution in [0.15, 0.2) is 24.5 Å². The number of anilines is 1. The van der Waals surface area contributed by atoms with E-state index in [4.69, 9.17) is 15.9 Å². The number of ether oxygens (including phenoxy) is 1. The number of urea groups is 1. The van der Waals surface area contributed by atoms with Crippen molar-refractivity contribution in [3.8, 4) is 0 Å². The molecule has 0 aromatic carbocycles. The summed E-state index contributed by atoms with van der Waals surface area (Å²) >= 11 is 0. The first-order valence-corrected chi connectivity index (χ1v) is 4.97. The van der Waals surface area contributed by atoms with Gasteiger partial charge in [0.1, 0.15) is 0 Å². The molecule has 92 valence electrons. The number of nitrogens with two attached hydrogens (primary N) is 1. The molecule has 0 saturated carbocycles. The zero-order valence-electron chi connectivity index (χ0n) is 9.51. The second kappa shape index (κ2) is 6.44. The van der Waals surface area contributed by atoms with Crippen LogP contribution in [0.4, 0.5) is 10.5 Å². The maximum atomic E-state index is 11.8. The fraction of sp³-hybridized carbons (Fsp3) is 0.300. The maximum Gasteiger partial charge on any atom is 0.328 e. The Hall–Kier alpha value is -2.15. The van der Waals surface area contributed by atoms with Crippen LogP contribution in [-0.4, -0.2) is 37.2 Å². The third kappa shape index (κ3) is 3.72. The van der Waals surface area contributed by atoms with Crippen LogP contribution in [0, 0.1) is 5.41 Å². The molecule has 2 amide bonds. The molecule has 0 aliphatic rings. The highest BCUT2D eigenvalue weighted by Gasteiger charge is 2.17. The van der Waals surface area contributed by atoms with Gasteiger partial charge < -0.3 is 15.8 Å². The molecule has 0 bridgehead atoms. The molecule has 0 aliphatic heterocycles. The molecule has 7 nitrogen and oxygen atoms in total. The molecule has 1 rings (SSSR count). The number of aromatic nitrogens is 1. The Morgan fingerprint density at radius 1 is 1.71 bits per heavy atom. The van der Waals surface area contributed by atoms with E-state index in [1.165, 1.54) is 13.3 Å². The predicted molar refractivity (Wildman–Crippen MR) is 63.9 cm³/mol. The minimum absolute atomic E-state index is 0.347. The van der Waals surface area contributed by atoms with Crippen LogP contribution in [0.25, 0.3) is 0 Å². The summed E-state index contributed by atoms with van der Waals surface area (Å²) < 4.78 is 4.81. The van der Waals surface area contributed by atoms with Crippen molar-refractivity contribution in [2.24, 2.45) is 5.73 Å². The van der Waals surface area contributed by atoms with Crippen molar-refractivity contribution in [3.05, 3.63) is 24.5 Å². The van der Waals surface area contributed by atoms with Gasteiger partial charge in [0.05, 0.1) is 18.5 Å². The highest BCUT2D eigenvalue weighted by molar-refractivity contribution is 6.13. The number of pyridine rings is 1. The van der Waals surface area contributed by atoms with Crippen molar-refractivity contribution in [2.45, 2.75) is 0 Å². The second-order valence-corrected chi connectivity index (χ2v) is 3.16. The van der Waals surface area contributed by atoms with Crippen molar-refractivity contribution >= 4 is 17.7 Å². The van der Waals surface area contributed by atoms with E-state index in [-0.39, 0.29) is 5.96 Å². The quantitative estimate of drug-likeness (QED) is 0.393. The number of carbonyl (C=O) groups is 1. The van der Waals surface area contributed by atoms with E-state index >= 15 is 0 Å². The molecule has 1 aromatic heterocycles. The summed E-state index contributed by atoms with van der Waals surface area (Å²) in [6.07, 6.45) is 3.03. The van der Waals surface area contributed by atoms with E-state index in [1.807, 2.05) is 0 Å². The smallest absolute Gasteiger partial charge is 0.328 e. The summed E-state index contributed by atoms with van der Waals surface area (Å²) in [4.78, 5) is 16.7. The van der Waals surface area contributed by atoms with Crippen LogP contribution in [0.2, 0.25) is 0 Å². The third-order valence-electron chi connectivity index (χ3n) is 1.93. The Morgan fingerprint density at radius 3 is 3.00 bits per heavy atom. The normalized spacial score (nSPS) is 9.71. The minimum Gasteiger partial charge on any atom is -0.383 e. The Balaban J connectivity index is 2.73. The molecule has 4 N–H and O–H groups in total. The Labute approximate surface area is 99.1 Å². The zero-order chi connectivity index (χ0) is 12.7. The van der Waals surface area contributed by atoms with Crippen molar-refractivity contribution < 1.29 is 9.53 Å².